The molecule has 0 aromatic heterocycles. The molecule has 26 heavy (non-hydrogen) atoms. The van der Waals surface area contributed by atoms with Gasteiger partial charge in [-0.2, -0.15) is 0 Å². The van der Waals surface area contributed by atoms with E-state index in [9.17, 15) is 0 Å². The van der Waals surface area contributed by atoms with E-state index in [2.05, 4.69) is 16.8 Å². The van der Waals surface area contributed by atoms with Crippen LogP contribution in [-0.2, 0) is 0 Å². The molecule has 0 spiro atoms. The average Bonchev–Trinajstić information content (AvgIpc) is 3.15. The van der Waals surface area contributed by atoms with E-state index in [1.807, 2.05) is 57.2 Å². The van der Waals surface area contributed by atoms with E-state index in [4.69, 9.17) is 23.2 Å². The molecule has 0 unspecified atom stereocenters. The standard InChI is InChI=1S/C15H17Cl2NS.C6H13N/c1-4-7-11(3)18-12(5-2)10-19-15-13(16)8-6-9-14(15)17;1-2-7-5-3-4-6-7/h4-9H,10H2,1-3H3;2-6H2,1H3/b7-4-,12-5-,18-11-;. The van der Waals surface area contributed by atoms with E-state index >= 15 is 0 Å². The van der Waals surface area contributed by atoms with Crippen LogP contribution in [0.4, 0.5) is 0 Å². The van der Waals surface area contributed by atoms with Gasteiger partial charge in [-0.05, 0) is 71.5 Å². The minimum Gasteiger partial charge on any atom is -0.304 e. The van der Waals surface area contributed by atoms with Crippen LogP contribution in [-0.4, -0.2) is 36.0 Å². The average molecular weight is 413 g/mol. The maximum Gasteiger partial charge on any atom is 0.0557 e. The van der Waals surface area contributed by atoms with E-state index in [0.29, 0.717) is 10.0 Å². The van der Waals surface area contributed by atoms with Gasteiger partial charge in [0.05, 0.1) is 10.0 Å². The van der Waals surface area contributed by atoms with E-state index < -0.39 is 0 Å². The summed E-state index contributed by atoms with van der Waals surface area (Å²) in [6.07, 6.45) is 8.81. The van der Waals surface area contributed by atoms with Crippen LogP contribution in [0.15, 0.2) is 52.0 Å². The van der Waals surface area contributed by atoms with Crippen LogP contribution in [0.5, 0.6) is 0 Å². The van der Waals surface area contributed by atoms with E-state index in [1.165, 1.54) is 32.5 Å². The monoisotopic (exact) mass is 412 g/mol. The lowest BCUT2D eigenvalue weighted by Crippen LogP contribution is -2.17. The first kappa shape index (κ1) is 23.3. The predicted octanol–water partition coefficient (Wildman–Crippen LogP) is 7.13. The van der Waals surface area contributed by atoms with Gasteiger partial charge in [-0.1, -0.05) is 48.3 Å². The number of benzene rings is 1. The Morgan fingerprint density at radius 2 is 1.81 bits per heavy atom. The first-order valence-corrected chi connectivity index (χ1v) is 10.9. The third-order valence-corrected chi connectivity index (χ3v) is 6.01. The van der Waals surface area contributed by atoms with Crippen molar-refractivity contribution in [3.8, 4) is 0 Å². The van der Waals surface area contributed by atoms with Gasteiger partial charge in [0, 0.05) is 22.1 Å². The molecule has 144 valence electrons. The van der Waals surface area contributed by atoms with Crippen LogP contribution in [0.3, 0.4) is 0 Å². The summed E-state index contributed by atoms with van der Waals surface area (Å²) in [6.45, 7) is 12.1. The normalized spacial score (nSPS) is 16.1. The van der Waals surface area contributed by atoms with Crippen molar-refractivity contribution in [2.24, 2.45) is 4.99 Å². The van der Waals surface area contributed by atoms with Gasteiger partial charge >= 0.3 is 0 Å². The largest absolute Gasteiger partial charge is 0.304 e. The summed E-state index contributed by atoms with van der Waals surface area (Å²) in [6, 6.07) is 5.54. The molecule has 0 N–H and O–H groups in total. The van der Waals surface area contributed by atoms with Gasteiger partial charge in [-0.3, -0.25) is 4.99 Å². The number of nitrogens with zero attached hydrogens (tertiary/aromatic N) is 2. The molecule has 2 nitrogen and oxygen atoms in total. The van der Waals surface area contributed by atoms with Crippen molar-refractivity contribution in [1.29, 1.82) is 0 Å². The van der Waals surface area contributed by atoms with Gasteiger partial charge in [-0.15, -0.1) is 11.8 Å². The van der Waals surface area contributed by atoms with Crippen LogP contribution in [0.1, 0.15) is 40.5 Å². The van der Waals surface area contributed by atoms with Crippen molar-refractivity contribution >= 4 is 40.7 Å². The van der Waals surface area contributed by atoms with Gasteiger partial charge in [-0.25, -0.2) is 0 Å². The summed E-state index contributed by atoms with van der Waals surface area (Å²) in [7, 11) is 0. The number of thioether (sulfide) groups is 1. The highest BCUT2D eigenvalue weighted by Crippen LogP contribution is 2.34. The highest BCUT2D eigenvalue weighted by molar-refractivity contribution is 7.99. The number of aliphatic imine (C=N–C) groups is 1. The lowest BCUT2D eigenvalue weighted by molar-refractivity contribution is 0.359. The molecule has 0 radical (unpaired) electrons. The highest BCUT2D eigenvalue weighted by Gasteiger charge is 2.07. The Balaban J connectivity index is 0.000000401. The van der Waals surface area contributed by atoms with E-state index in [0.717, 1.165) is 22.1 Å². The van der Waals surface area contributed by atoms with Gasteiger partial charge < -0.3 is 4.90 Å². The second-order valence-electron chi connectivity index (χ2n) is 6.01. The molecule has 0 atom stereocenters. The molecule has 1 fully saturated rings. The molecule has 1 aliphatic heterocycles. The zero-order chi connectivity index (χ0) is 19.4. The first-order valence-electron chi connectivity index (χ1n) is 9.14. The maximum atomic E-state index is 6.14. The molecule has 0 saturated carbocycles. The summed E-state index contributed by atoms with van der Waals surface area (Å²) in [5.41, 5.74) is 2.00. The zero-order valence-electron chi connectivity index (χ0n) is 16.3. The maximum absolute atomic E-state index is 6.14. The summed E-state index contributed by atoms with van der Waals surface area (Å²) in [5.74, 6) is 0.745. The van der Waals surface area contributed by atoms with Gasteiger partial charge in [0.1, 0.15) is 0 Å². The van der Waals surface area contributed by atoms with Crippen molar-refractivity contribution in [3.05, 3.63) is 52.2 Å². The quantitative estimate of drug-likeness (QED) is 0.364. The molecular formula is C21H30Cl2N2S. The lowest BCUT2D eigenvalue weighted by atomic mass is 10.3. The zero-order valence-corrected chi connectivity index (χ0v) is 18.6. The second-order valence-corrected chi connectivity index (χ2v) is 7.81. The number of halogens is 2. The number of rotatable bonds is 6. The molecule has 5 heteroatoms. The SMILES string of the molecule is CCN1CCCC1.C\C=C/C(C)=N\C(=C/C)CSc1c(Cl)cccc1Cl. The molecule has 1 aromatic rings. The number of hydrogen-bond acceptors (Lipinski definition) is 3. The van der Waals surface area contributed by atoms with E-state index in [1.54, 1.807) is 11.8 Å². The Morgan fingerprint density at radius 3 is 2.27 bits per heavy atom. The smallest absolute Gasteiger partial charge is 0.0557 e. The molecule has 0 aliphatic carbocycles. The van der Waals surface area contributed by atoms with Crippen LogP contribution < -0.4 is 0 Å². The third kappa shape index (κ3) is 8.77. The van der Waals surface area contributed by atoms with Crippen molar-refractivity contribution in [2.45, 2.75) is 45.4 Å². The van der Waals surface area contributed by atoms with Gasteiger partial charge in [0.25, 0.3) is 0 Å². The molecule has 2 rings (SSSR count). The molecular weight excluding hydrogens is 383 g/mol. The molecule has 1 aliphatic rings. The number of hydrogen-bond donors (Lipinski definition) is 0. The Hall–Kier alpha value is -0.740. The summed E-state index contributed by atoms with van der Waals surface area (Å²) in [4.78, 5) is 7.94. The minimum atomic E-state index is 0.683. The van der Waals surface area contributed by atoms with Crippen molar-refractivity contribution in [2.75, 3.05) is 25.4 Å². The Labute approximate surface area is 173 Å². The van der Waals surface area contributed by atoms with Gasteiger partial charge in [0.15, 0.2) is 0 Å². The Kier molecular flexibility index (Phi) is 12.0. The molecule has 0 bridgehead atoms. The van der Waals surface area contributed by atoms with Crippen LogP contribution in [0.25, 0.3) is 0 Å². The molecule has 0 amide bonds. The number of allylic oxidation sites excluding steroid dienone is 3. The molecule has 1 heterocycles. The molecule has 1 saturated heterocycles. The highest BCUT2D eigenvalue weighted by atomic mass is 35.5. The summed E-state index contributed by atoms with van der Waals surface area (Å²) >= 11 is 13.9. The lowest BCUT2D eigenvalue weighted by Gasteiger charge is -2.08. The molecule has 1 aromatic carbocycles. The number of likely N-dealkylation sites (tertiary alicyclic amines) is 1. The first-order chi connectivity index (χ1) is 12.5. The van der Waals surface area contributed by atoms with Crippen molar-refractivity contribution < 1.29 is 0 Å². The van der Waals surface area contributed by atoms with Crippen molar-refractivity contribution in [3.63, 3.8) is 0 Å². The summed E-state index contributed by atoms with van der Waals surface area (Å²) in [5, 5.41) is 1.37. The van der Waals surface area contributed by atoms with Crippen molar-refractivity contribution in [1.82, 2.24) is 4.90 Å². The summed E-state index contributed by atoms with van der Waals surface area (Å²) < 4.78 is 0. The second kappa shape index (κ2) is 13.4. The minimum absolute atomic E-state index is 0.683. The van der Waals surface area contributed by atoms with Crippen LogP contribution >= 0.6 is 35.0 Å². The third-order valence-electron chi connectivity index (χ3n) is 3.99. The fourth-order valence-corrected chi connectivity index (χ4v) is 4.21. The Bertz CT molecular complexity index is 613. The predicted molar refractivity (Wildman–Crippen MR) is 120 cm³/mol. The van der Waals surface area contributed by atoms with Crippen LogP contribution in [0, 0.1) is 0 Å². The fourth-order valence-electron chi connectivity index (χ4n) is 2.55. The Morgan fingerprint density at radius 1 is 1.19 bits per heavy atom. The fraction of sp³-hybridized carbons (Fsp3) is 0.476. The topological polar surface area (TPSA) is 15.6 Å². The van der Waals surface area contributed by atoms with Crippen LogP contribution in [0.2, 0.25) is 10.0 Å². The van der Waals surface area contributed by atoms with E-state index in [-0.39, 0.29) is 0 Å². The van der Waals surface area contributed by atoms with Gasteiger partial charge in [0.2, 0.25) is 0 Å².